The van der Waals surface area contributed by atoms with Crippen molar-refractivity contribution in [3.05, 3.63) is 68.5 Å². The number of H-pyrrole nitrogens is 1. The number of aliphatic hydroxyl groups excluding tert-OH is 3. The minimum absolute atomic E-state index is 0.115. The minimum Gasteiger partial charge on any atom is -0.394 e. The monoisotopic (exact) mass is 378 g/mol. The molecule has 0 bridgehead atoms. The van der Waals surface area contributed by atoms with Gasteiger partial charge >= 0.3 is 5.69 Å². The molecule has 2 aromatic rings. The van der Waals surface area contributed by atoms with Crippen LogP contribution in [0.3, 0.4) is 0 Å². The molecule has 146 valence electrons. The molecule has 4 N–H and O–H groups in total. The highest BCUT2D eigenvalue weighted by molar-refractivity contribution is 5.13. The van der Waals surface area contributed by atoms with E-state index in [1.54, 1.807) is 0 Å². The highest BCUT2D eigenvalue weighted by Crippen LogP contribution is 2.29. The molecule has 0 amide bonds. The predicted molar refractivity (Wildman–Crippen MR) is 94.1 cm³/mol. The maximum atomic E-state index is 12.2. The SMILES string of the molecule is Cc1cn([C@@H]2O[C@H](CO)[C@@H](O)[C@@H](OCc3ccccc3)[C@H]2O)c(=O)[nH]c1=O. The van der Waals surface area contributed by atoms with Crippen LogP contribution in [0.1, 0.15) is 17.4 Å². The van der Waals surface area contributed by atoms with E-state index < -0.39 is 48.5 Å². The van der Waals surface area contributed by atoms with Crippen molar-refractivity contribution in [3.63, 3.8) is 0 Å². The number of aromatic amines is 1. The zero-order valence-corrected chi connectivity index (χ0v) is 14.7. The van der Waals surface area contributed by atoms with Crippen molar-refractivity contribution in [2.45, 2.75) is 44.2 Å². The number of hydrogen-bond acceptors (Lipinski definition) is 7. The van der Waals surface area contributed by atoms with Crippen LogP contribution in [0.4, 0.5) is 0 Å². The number of aliphatic hydroxyl groups is 3. The molecule has 9 nitrogen and oxygen atoms in total. The molecule has 0 unspecified atom stereocenters. The Morgan fingerprint density at radius 2 is 1.89 bits per heavy atom. The average Bonchev–Trinajstić information content (AvgIpc) is 2.66. The average molecular weight is 378 g/mol. The Balaban J connectivity index is 1.88. The fourth-order valence-electron chi connectivity index (χ4n) is 3.04. The van der Waals surface area contributed by atoms with Gasteiger partial charge in [-0.25, -0.2) is 4.79 Å². The summed E-state index contributed by atoms with van der Waals surface area (Å²) < 4.78 is 12.2. The zero-order chi connectivity index (χ0) is 19.6. The fourth-order valence-corrected chi connectivity index (χ4v) is 3.04. The summed E-state index contributed by atoms with van der Waals surface area (Å²) in [4.78, 5) is 25.9. The summed E-state index contributed by atoms with van der Waals surface area (Å²) in [5.41, 5.74) is -0.238. The lowest BCUT2D eigenvalue weighted by atomic mass is 9.97. The molecule has 1 aliphatic heterocycles. The van der Waals surface area contributed by atoms with E-state index in [4.69, 9.17) is 9.47 Å². The van der Waals surface area contributed by atoms with Crippen LogP contribution in [0.2, 0.25) is 0 Å². The number of aryl methyl sites for hydroxylation is 1. The van der Waals surface area contributed by atoms with Crippen LogP contribution in [0.15, 0.2) is 46.1 Å². The number of nitrogens with one attached hydrogen (secondary N) is 1. The summed E-state index contributed by atoms with van der Waals surface area (Å²) >= 11 is 0. The molecule has 1 aromatic heterocycles. The van der Waals surface area contributed by atoms with Crippen molar-refractivity contribution >= 4 is 0 Å². The van der Waals surface area contributed by atoms with Crippen molar-refractivity contribution in [1.82, 2.24) is 9.55 Å². The van der Waals surface area contributed by atoms with Crippen molar-refractivity contribution in [1.29, 1.82) is 0 Å². The highest BCUT2D eigenvalue weighted by atomic mass is 16.6. The van der Waals surface area contributed by atoms with E-state index >= 15 is 0 Å². The molecule has 0 radical (unpaired) electrons. The van der Waals surface area contributed by atoms with Crippen LogP contribution in [-0.4, -0.2) is 55.9 Å². The van der Waals surface area contributed by atoms with Gasteiger partial charge in [-0.05, 0) is 12.5 Å². The third-order valence-corrected chi connectivity index (χ3v) is 4.55. The van der Waals surface area contributed by atoms with E-state index in [0.717, 1.165) is 10.1 Å². The van der Waals surface area contributed by atoms with Gasteiger partial charge in [-0.15, -0.1) is 0 Å². The van der Waals surface area contributed by atoms with Gasteiger partial charge in [0, 0.05) is 11.8 Å². The molecule has 2 heterocycles. The van der Waals surface area contributed by atoms with E-state index in [0.29, 0.717) is 0 Å². The van der Waals surface area contributed by atoms with Gasteiger partial charge in [0.25, 0.3) is 5.56 Å². The number of hydrogen-bond donors (Lipinski definition) is 4. The van der Waals surface area contributed by atoms with Crippen molar-refractivity contribution in [3.8, 4) is 0 Å². The van der Waals surface area contributed by atoms with Crippen molar-refractivity contribution in [2.75, 3.05) is 6.61 Å². The molecule has 5 atom stereocenters. The Hall–Kier alpha value is -2.30. The molecule has 1 aliphatic rings. The van der Waals surface area contributed by atoms with Crippen LogP contribution in [0.5, 0.6) is 0 Å². The van der Waals surface area contributed by atoms with Crippen LogP contribution in [-0.2, 0) is 16.1 Å². The second-order valence-electron chi connectivity index (χ2n) is 6.47. The zero-order valence-electron chi connectivity index (χ0n) is 14.7. The lowest BCUT2D eigenvalue weighted by molar-refractivity contribution is -0.265. The second-order valence-corrected chi connectivity index (χ2v) is 6.47. The lowest BCUT2D eigenvalue weighted by Crippen LogP contribution is -2.58. The first-order chi connectivity index (χ1) is 12.9. The number of benzene rings is 1. The molecule has 0 saturated carbocycles. The standard InChI is InChI=1S/C18H22N2O7/c1-10-7-20(18(25)19-16(10)24)17-14(23)15(13(22)12(8-21)27-17)26-9-11-5-3-2-4-6-11/h2-7,12-15,17,21-23H,8-9H2,1H3,(H,19,24,25)/t12-,13-,14-,15-,17-/m1/s1. The molecule has 0 spiro atoms. The van der Waals surface area contributed by atoms with E-state index in [1.807, 2.05) is 30.3 Å². The molecular weight excluding hydrogens is 356 g/mol. The number of nitrogens with zero attached hydrogens (tertiary/aromatic N) is 1. The van der Waals surface area contributed by atoms with Gasteiger partial charge in [-0.1, -0.05) is 30.3 Å². The molecule has 0 aliphatic carbocycles. The molecule has 1 aromatic carbocycles. The van der Waals surface area contributed by atoms with Crippen LogP contribution >= 0.6 is 0 Å². The first-order valence-corrected chi connectivity index (χ1v) is 8.52. The maximum Gasteiger partial charge on any atom is 0.330 e. The van der Waals surface area contributed by atoms with Gasteiger partial charge < -0.3 is 24.8 Å². The Bertz CT molecular complexity index is 879. The van der Waals surface area contributed by atoms with Gasteiger partial charge in [0.1, 0.15) is 24.4 Å². The molecular formula is C18H22N2O7. The third kappa shape index (κ3) is 4.02. The summed E-state index contributed by atoms with van der Waals surface area (Å²) in [6.45, 7) is 1.09. The third-order valence-electron chi connectivity index (χ3n) is 4.55. The first-order valence-electron chi connectivity index (χ1n) is 8.52. The van der Waals surface area contributed by atoms with Gasteiger partial charge in [0.15, 0.2) is 6.23 Å². The highest BCUT2D eigenvalue weighted by Gasteiger charge is 2.46. The molecule has 1 saturated heterocycles. The number of ether oxygens (including phenoxy) is 2. The molecule has 3 rings (SSSR count). The van der Waals surface area contributed by atoms with Crippen molar-refractivity contribution in [2.24, 2.45) is 0 Å². The van der Waals surface area contributed by atoms with E-state index in [9.17, 15) is 24.9 Å². The Kier molecular flexibility index (Phi) is 5.88. The van der Waals surface area contributed by atoms with Gasteiger partial charge in [-0.2, -0.15) is 0 Å². The number of rotatable bonds is 5. The fraction of sp³-hybridized carbons (Fsp3) is 0.444. The molecule has 9 heteroatoms. The Morgan fingerprint density at radius 1 is 1.19 bits per heavy atom. The van der Waals surface area contributed by atoms with Crippen LogP contribution in [0.25, 0.3) is 0 Å². The summed E-state index contributed by atoms with van der Waals surface area (Å²) in [6, 6.07) is 9.17. The molecule has 27 heavy (non-hydrogen) atoms. The van der Waals surface area contributed by atoms with E-state index in [1.165, 1.54) is 13.1 Å². The normalized spacial score (nSPS) is 28.2. The minimum atomic E-state index is -1.41. The quantitative estimate of drug-likeness (QED) is 0.527. The Morgan fingerprint density at radius 3 is 2.56 bits per heavy atom. The summed E-state index contributed by atoms with van der Waals surface area (Å²) in [6.07, 6.45) is -4.87. The van der Waals surface area contributed by atoms with Crippen LogP contribution < -0.4 is 11.2 Å². The van der Waals surface area contributed by atoms with Gasteiger partial charge in [0.2, 0.25) is 0 Å². The summed E-state index contributed by atoms with van der Waals surface area (Å²) in [5, 5.41) is 30.6. The smallest absolute Gasteiger partial charge is 0.330 e. The largest absolute Gasteiger partial charge is 0.394 e. The van der Waals surface area contributed by atoms with Crippen LogP contribution in [0, 0.1) is 6.92 Å². The lowest BCUT2D eigenvalue weighted by Gasteiger charge is -2.42. The van der Waals surface area contributed by atoms with Crippen molar-refractivity contribution < 1.29 is 24.8 Å². The topological polar surface area (TPSA) is 134 Å². The Labute approximate surface area is 154 Å². The predicted octanol–water partition coefficient (Wildman–Crippen LogP) is -0.958. The van der Waals surface area contributed by atoms with E-state index in [2.05, 4.69) is 4.98 Å². The van der Waals surface area contributed by atoms with Gasteiger partial charge in [0.05, 0.1) is 13.2 Å². The second kappa shape index (κ2) is 8.15. The summed E-state index contributed by atoms with van der Waals surface area (Å²) in [5.74, 6) is 0. The van der Waals surface area contributed by atoms with E-state index in [-0.39, 0.29) is 12.2 Å². The number of aromatic nitrogens is 2. The molecule has 1 fully saturated rings. The maximum absolute atomic E-state index is 12.2. The summed E-state index contributed by atoms with van der Waals surface area (Å²) in [7, 11) is 0. The first kappa shape index (κ1) is 19.5. The van der Waals surface area contributed by atoms with Gasteiger partial charge in [-0.3, -0.25) is 14.3 Å².